The van der Waals surface area contributed by atoms with Gasteiger partial charge in [-0.1, -0.05) is 5.16 Å². The Balaban J connectivity index is 2.43. The van der Waals surface area contributed by atoms with Crippen molar-refractivity contribution in [1.29, 1.82) is 0 Å². The third-order valence-electron chi connectivity index (χ3n) is 2.10. The topological polar surface area (TPSA) is 51.8 Å². The van der Waals surface area contributed by atoms with Crippen molar-refractivity contribution in [3.63, 3.8) is 0 Å². The SMILES string of the molecule is CSCc1noc(-c2cnccc2C(F)(F)F)n1. The summed E-state index contributed by atoms with van der Waals surface area (Å²) in [4.78, 5) is 7.56. The molecule has 0 saturated heterocycles. The van der Waals surface area contributed by atoms with Crippen molar-refractivity contribution in [2.75, 3.05) is 6.26 Å². The number of hydrogen-bond donors (Lipinski definition) is 0. The van der Waals surface area contributed by atoms with Crippen LogP contribution < -0.4 is 0 Å². The van der Waals surface area contributed by atoms with Gasteiger partial charge in [-0.3, -0.25) is 4.98 Å². The molecule has 0 amide bonds. The molecule has 0 aliphatic rings. The van der Waals surface area contributed by atoms with E-state index in [4.69, 9.17) is 4.52 Å². The van der Waals surface area contributed by atoms with Gasteiger partial charge in [-0.15, -0.1) is 0 Å². The highest BCUT2D eigenvalue weighted by Crippen LogP contribution is 2.35. The number of pyridine rings is 1. The summed E-state index contributed by atoms with van der Waals surface area (Å²) < 4.78 is 43.1. The van der Waals surface area contributed by atoms with Crippen molar-refractivity contribution < 1.29 is 17.7 Å². The number of aromatic nitrogens is 3. The second-order valence-electron chi connectivity index (χ2n) is 3.37. The maximum absolute atomic E-state index is 12.8. The Labute approximate surface area is 105 Å². The first kappa shape index (κ1) is 12.9. The Kier molecular flexibility index (Phi) is 3.55. The van der Waals surface area contributed by atoms with E-state index in [0.29, 0.717) is 11.6 Å². The van der Waals surface area contributed by atoms with Crippen LogP contribution in [0.25, 0.3) is 11.5 Å². The molecule has 0 saturated carbocycles. The van der Waals surface area contributed by atoms with Crippen molar-refractivity contribution in [2.24, 2.45) is 0 Å². The first-order valence-electron chi connectivity index (χ1n) is 4.85. The Morgan fingerprint density at radius 1 is 1.39 bits per heavy atom. The van der Waals surface area contributed by atoms with Crippen LogP contribution >= 0.6 is 11.8 Å². The number of alkyl halides is 3. The average molecular weight is 275 g/mol. The molecule has 8 heteroatoms. The lowest BCUT2D eigenvalue weighted by Crippen LogP contribution is -2.07. The van der Waals surface area contributed by atoms with E-state index in [1.165, 1.54) is 11.8 Å². The van der Waals surface area contributed by atoms with E-state index in [1.807, 2.05) is 6.26 Å². The molecule has 96 valence electrons. The van der Waals surface area contributed by atoms with Gasteiger partial charge in [0.1, 0.15) is 0 Å². The van der Waals surface area contributed by atoms with Crippen LogP contribution in [0.3, 0.4) is 0 Å². The van der Waals surface area contributed by atoms with Gasteiger partial charge in [0.25, 0.3) is 5.89 Å². The van der Waals surface area contributed by atoms with Crippen LogP contribution in [-0.2, 0) is 11.9 Å². The average Bonchev–Trinajstić information content (AvgIpc) is 2.77. The molecule has 0 aliphatic heterocycles. The quantitative estimate of drug-likeness (QED) is 0.861. The lowest BCUT2D eigenvalue weighted by molar-refractivity contribution is -0.137. The smallest absolute Gasteiger partial charge is 0.334 e. The van der Waals surface area contributed by atoms with E-state index in [1.54, 1.807) is 0 Å². The molecule has 18 heavy (non-hydrogen) atoms. The van der Waals surface area contributed by atoms with Gasteiger partial charge < -0.3 is 4.52 Å². The predicted molar refractivity (Wildman–Crippen MR) is 59.8 cm³/mol. The highest BCUT2D eigenvalue weighted by molar-refractivity contribution is 7.97. The second kappa shape index (κ2) is 4.97. The van der Waals surface area contributed by atoms with E-state index >= 15 is 0 Å². The van der Waals surface area contributed by atoms with Crippen LogP contribution in [0.1, 0.15) is 11.4 Å². The van der Waals surface area contributed by atoms with Crippen molar-refractivity contribution in [3.8, 4) is 11.5 Å². The highest BCUT2D eigenvalue weighted by Gasteiger charge is 2.35. The number of halogens is 3. The van der Waals surface area contributed by atoms with Crippen molar-refractivity contribution in [3.05, 3.63) is 29.8 Å². The Morgan fingerprint density at radius 3 is 2.83 bits per heavy atom. The Morgan fingerprint density at radius 2 is 2.17 bits per heavy atom. The second-order valence-corrected chi connectivity index (χ2v) is 4.23. The first-order valence-corrected chi connectivity index (χ1v) is 6.25. The molecule has 0 N–H and O–H groups in total. The zero-order valence-corrected chi connectivity index (χ0v) is 10.0. The van der Waals surface area contributed by atoms with Gasteiger partial charge in [-0.05, 0) is 12.3 Å². The molecule has 0 bridgehead atoms. The van der Waals surface area contributed by atoms with Crippen LogP contribution in [0.15, 0.2) is 23.0 Å². The zero-order chi connectivity index (χ0) is 13.2. The lowest BCUT2D eigenvalue weighted by atomic mass is 10.1. The molecule has 2 heterocycles. The fourth-order valence-corrected chi connectivity index (χ4v) is 1.74. The molecule has 2 aromatic rings. The summed E-state index contributed by atoms with van der Waals surface area (Å²) in [5, 5.41) is 3.60. The van der Waals surface area contributed by atoms with Gasteiger partial charge in [-0.2, -0.15) is 29.9 Å². The predicted octanol–water partition coefficient (Wildman–Crippen LogP) is 3.01. The molecule has 0 atom stereocenters. The molecule has 4 nitrogen and oxygen atoms in total. The zero-order valence-electron chi connectivity index (χ0n) is 9.23. The summed E-state index contributed by atoms with van der Waals surface area (Å²) in [7, 11) is 0. The van der Waals surface area contributed by atoms with Crippen molar-refractivity contribution in [2.45, 2.75) is 11.9 Å². The normalized spacial score (nSPS) is 11.8. The molecule has 0 aromatic carbocycles. The minimum atomic E-state index is -4.48. The van der Waals surface area contributed by atoms with Gasteiger partial charge in [0.2, 0.25) is 0 Å². The molecule has 0 unspecified atom stereocenters. The fraction of sp³-hybridized carbons (Fsp3) is 0.300. The van der Waals surface area contributed by atoms with Crippen molar-refractivity contribution >= 4 is 11.8 Å². The summed E-state index contributed by atoms with van der Waals surface area (Å²) >= 11 is 1.45. The summed E-state index contributed by atoms with van der Waals surface area (Å²) in [6.45, 7) is 0. The van der Waals surface area contributed by atoms with Crippen LogP contribution in [-0.4, -0.2) is 21.4 Å². The lowest BCUT2D eigenvalue weighted by Gasteiger charge is -2.08. The van der Waals surface area contributed by atoms with Gasteiger partial charge >= 0.3 is 6.18 Å². The van der Waals surface area contributed by atoms with Crippen LogP contribution in [0.5, 0.6) is 0 Å². The number of hydrogen-bond acceptors (Lipinski definition) is 5. The van der Waals surface area contributed by atoms with Gasteiger partial charge in [-0.25, -0.2) is 0 Å². The highest BCUT2D eigenvalue weighted by atomic mass is 32.2. The van der Waals surface area contributed by atoms with Gasteiger partial charge in [0.05, 0.1) is 16.9 Å². The van der Waals surface area contributed by atoms with E-state index in [9.17, 15) is 13.2 Å². The molecule has 2 rings (SSSR count). The summed E-state index contributed by atoms with van der Waals surface area (Å²) in [6, 6.07) is 0.883. The molecule has 0 spiro atoms. The largest absolute Gasteiger partial charge is 0.417 e. The molecule has 0 aliphatic carbocycles. The Hall–Kier alpha value is -1.57. The van der Waals surface area contributed by atoms with Crippen molar-refractivity contribution in [1.82, 2.24) is 15.1 Å². The fourth-order valence-electron chi connectivity index (χ4n) is 1.36. The van der Waals surface area contributed by atoms with Gasteiger partial charge in [0, 0.05) is 12.4 Å². The van der Waals surface area contributed by atoms with Crippen LogP contribution in [0.2, 0.25) is 0 Å². The monoisotopic (exact) mass is 275 g/mol. The molecule has 2 aromatic heterocycles. The van der Waals surface area contributed by atoms with Gasteiger partial charge in [0.15, 0.2) is 5.82 Å². The summed E-state index contributed by atoms with van der Waals surface area (Å²) in [5.74, 6) is 0.666. The molecule has 0 fully saturated rings. The molecule has 0 radical (unpaired) electrons. The maximum atomic E-state index is 12.8. The molecular weight excluding hydrogens is 267 g/mol. The first-order chi connectivity index (χ1) is 8.52. The molecular formula is C10H8F3N3OS. The Bertz CT molecular complexity index is 541. The summed E-state index contributed by atoms with van der Waals surface area (Å²) in [5.41, 5.74) is -1.04. The van der Waals surface area contributed by atoms with E-state index in [2.05, 4.69) is 15.1 Å². The number of rotatable bonds is 3. The van der Waals surface area contributed by atoms with Crippen LogP contribution in [0, 0.1) is 0 Å². The number of nitrogens with zero attached hydrogens (tertiary/aromatic N) is 3. The van der Waals surface area contributed by atoms with E-state index < -0.39 is 11.7 Å². The number of thioether (sulfide) groups is 1. The minimum absolute atomic E-state index is 0.167. The third-order valence-corrected chi connectivity index (χ3v) is 2.65. The summed E-state index contributed by atoms with van der Waals surface area (Å²) in [6.07, 6.45) is -0.502. The standard InChI is InChI=1S/C10H8F3N3OS/c1-18-5-8-15-9(17-16-8)6-4-14-3-2-7(6)10(11,12)13/h2-4H,5H2,1H3. The minimum Gasteiger partial charge on any atom is -0.334 e. The third kappa shape index (κ3) is 2.63. The van der Waals surface area contributed by atoms with Crippen LogP contribution in [0.4, 0.5) is 13.2 Å². The van der Waals surface area contributed by atoms with E-state index in [-0.39, 0.29) is 11.5 Å². The van der Waals surface area contributed by atoms with E-state index in [0.717, 1.165) is 18.5 Å². The maximum Gasteiger partial charge on any atom is 0.417 e.